The van der Waals surface area contributed by atoms with E-state index in [0.717, 1.165) is 59.3 Å². The van der Waals surface area contributed by atoms with Crippen molar-refractivity contribution in [3.8, 4) is 33.9 Å². The Morgan fingerprint density at radius 1 is 0.704 bits per heavy atom. The highest BCUT2D eigenvalue weighted by atomic mass is 79.9. The lowest BCUT2D eigenvalue weighted by Crippen LogP contribution is -2.12. The molecule has 8 rings (SSSR count). The van der Waals surface area contributed by atoms with E-state index in [1.54, 1.807) is 18.7 Å². The van der Waals surface area contributed by atoms with Gasteiger partial charge in [0.1, 0.15) is 0 Å². The molecule has 0 saturated carbocycles. The van der Waals surface area contributed by atoms with E-state index in [9.17, 15) is 14.0 Å². The number of ether oxygens (including phenoxy) is 1. The van der Waals surface area contributed by atoms with Gasteiger partial charge in [-0.25, -0.2) is 14.2 Å². The number of fused-ring (bicyclic) bond motifs is 2. The highest BCUT2D eigenvalue weighted by Gasteiger charge is 2.20. The molecule has 8 aromatic rings. The molecular formula is C39H36Br2FN9O3. The zero-order valence-corrected chi connectivity index (χ0v) is 31.8. The van der Waals surface area contributed by atoms with Gasteiger partial charge in [-0.1, -0.05) is 63.6 Å². The van der Waals surface area contributed by atoms with Crippen molar-refractivity contribution in [3.05, 3.63) is 130 Å². The van der Waals surface area contributed by atoms with Gasteiger partial charge < -0.3 is 10.5 Å². The van der Waals surface area contributed by atoms with E-state index in [1.165, 1.54) is 7.11 Å². The predicted molar refractivity (Wildman–Crippen MR) is 216 cm³/mol. The molecule has 0 aliphatic rings. The van der Waals surface area contributed by atoms with Crippen molar-refractivity contribution in [1.82, 2.24) is 39.1 Å². The molecule has 276 valence electrons. The summed E-state index contributed by atoms with van der Waals surface area (Å²) in [5.41, 5.74) is 12.9. The number of carbonyl (C=O) groups excluding carboxylic acids is 2. The number of esters is 1. The van der Waals surface area contributed by atoms with Gasteiger partial charge in [-0.3, -0.25) is 18.5 Å². The van der Waals surface area contributed by atoms with Crippen LogP contribution in [-0.2, 0) is 18.8 Å². The van der Waals surface area contributed by atoms with Crippen LogP contribution in [0.5, 0.6) is 0 Å². The van der Waals surface area contributed by atoms with Crippen molar-refractivity contribution in [2.75, 3.05) is 14.3 Å². The van der Waals surface area contributed by atoms with Gasteiger partial charge in [0.15, 0.2) is 11.4 Å². The number of alkyl halides is 1. The third kappa shape index (κ3) is 8.01. The molecule has 0 aliphatic carbocycles. The van der Waals surface area contributed by atoms with Gasteiger partial charge in [-0.05, 0) is 72.8 Å². The van der Waals surface area contributed by atoms with Crippen LogP contribution in [0.15, 0.2) is 118 Å². The number of carbonyl (C=O) groups is 2. The summed E-state index contributed by atoms with van der Waals surface area (Å²) in [7, 11) is 4.09. The van der Waals surface area contributed by atoms with E-state index in [2.05, 4.69) is 52.3 Å². The zero-order chi connectivity index (χ0) is 38.5. The summed E-state index contributed by atoms with van der Waals surface area (Å²) >= 11 is 6.93. The fourth-order valence-corrected chi connectivity index (χ4v) is 6.51. The number of methoxy groups -OCH3 is 1. The highest BCUT2D eigenvalue weighted by molar-refractivity contribution is 9.10. The monoisotopic (exact) mass is 856 g/mol. The number of halogens is 3. The number of aryl methyl sites for hydroxylation is 2. The summed E-state index contributed by atoms with van der Waals surface area (Å²) < 4.78 is 29.2. The fourth-order valence-electron chi connectivity index (χ4n) is 5.73. The van der Waals surface area contributed by atoms with Crippen LogP contribution >= 0.6 is 31.9 Å². The van der Waals surface area contributed by atoms with Gasteiger partial charge in [0.2, 0.25) is 0 Å². The summed E-state index contributed by atoms with van der Waals surface area (Å²) in [6, 6.07) is 30.9. The minimum Gasteiger partial charge on any atom is -0.464 e. The third-order valence-corrected chi connectivity index (χ3v) is 9.08. The van der Waals surface area contributed by atoms with Crippen molar-refractivity contribution < 1.29 is 20.1 Å². The molecule has 1 amide bonds. The molecule has 4 heterocycles. The van der Waals surface area contributed by atoms with E-state index < -0.39 is 19.0 Å². The van der Waals surface area contributed by atoms with Gasteiger partial charge in [-0.2, -0.15) is 20.4 Å². The van der Waals surface area contributed by atoms with E-state index in [0.29, 0.717) is 5.39 Å². The number of rotatable bonds is 6. The summed E-state index contributed by atoms with van der Waals surface area (Å²) in [4.78, 5) is 24.2. The fraction of sp³-hybridized carbons (Fsp3) is 0.128. The number of amides is 1. The molecule has 0 radical (unpaired) electrons. The van der Waals surface area contributed by atoms with Crippen LogP contribution in [0.25, 0.3) is 55.7 Å². The molecule has 0 aliphatic heterocycles. The number of nitrogens with two attached hydrogens (primary N) is 1. The highest BCUT2D eigenvalue weighted by Crippen LogP contribution is 2.30. The predicted octanol–water partition coefficient (Wildman–Crippen LogP) is 8.48. The van der Waals surface area contributed by atoms with Crippen LogP contribution in [0.1, 0.15) is 29.8 Å². The molecule has 0 atom stereocenters. The Balaban J connectivity index is 0.000000194. The average Bonchev–Trinajstić information content (AvgIpc) is 3.96. The van der Waals surface area contributed by atoms with E-state index >= 15 is 0 Å². The second kappa shape index (κ2) is 16.8. The lowest BCUT2D eigenvalue weighted by atomic mass is 10.1. The molecule has 0 bridgehead atoms. The van der Waals surface area contributed by atoms with Crippen molar-refractivity contribution in [1.29, 1.82) is 0 Å². The Kier molecular flexibility index (Phi) is 11.8. The number of nitrogens with zero attached hydrogens (tertiary/aromatic N) is 8. The molecule has 0 unspecified atom stereocenters. The number of hydrogen-bond donors (Lipinski definition) is 1. The number of aromatic nitrogens is 8. The van der Waals surface area contributed by atoms with Gasteiger partial charge in [0.05, 0.1) is 49.4 Å². The minimum atomic E-state index is -1.00. The topological polar surface area (TPSA) is 141 Å². The smallest absolute Gasteiger partial charge is 0.359 e. The van der Waals surface area contributed by atoms with Crippen molar-refractivity contribution >= 4 is 65.5 Å². The number of benzene rings is 4. The Morgan fingerprint density at radius 2 is 1.15 bits per heavy atom. The molecule has 15 heteroatoms. The SMILES string of the molecule is C.COC(=O)c1nn(-c2cccc(Br)c2)c2ccc(-c3ccn(C)n3)cc12.Cn1ccc(-c2ccc3c(c2)c(C(N)=O)nn3-c2cccc(Br)c2)n1.[2H]CF. The van der Waals surface area contributed by atoms with Gasteiger partial charge in [-0.15, -0.1) is 0 Å². The third-order valence-electron chi connectivity index (χ3n) is 8.10. The normalized spacial score (nSPS) is 10.8. The Labute approximate surface area is 328 Å². The molecule has 0 saturated heterocycles. The molecule has 2 N–H and O–H groups in total. The summed E-state index contributed by atoms with van der Waals surface area (Å²) in [5, 5.41) is 19.2. The van der Waals surface area contributed by atoms with Crippen molar-refractivity contribution in [2.24, 2.45) is 19.8 Å². The molecule has 4 aromatic carbocycles. The second-order valence-electron chi connectivity index (χ2n) is 11.5. The van der Waals surface area contributed by atoms with Crippen LogP contribution in [0.2, 0.25) is 0 Å². The zero-order valence-electron chi connectivity index (χ0n) is 29.6. The Bertz CT molecular complexity index is 2630. The van der Waals surface area contributed by atoms with Gasteiger partial charge in [0.25, 0.3) is 5.91 Å². The maximum Gasteiger partial charge on any atom is 0.359 e. The van der Waals surface area contributed by atoms with E-state index in [-0.39, 0.29) is 18.8 Å². The summed E-state index contributed by atoms with van der Waals surface area (Å²) in [6.07, 6.45) is 3.76. The minimum absolute atomic E-state index is 0. The quantitative estimate of drug-likeness (QED) is 0.166. The lowest BCUT2D eigenvalue weighted by molar-refractivity contribution is 0.0595. The lowest BCUT2D eigenvalue weighted by Gasteiger charge is -2.04. The van der Waals surface area contributed by atoms with E-state index in [4.69, 9.17) is 11.8 Å². The standard InChI is InChI=1S/C19H15BrN4O2.C18H14BrN5O.CH3F.CH4/c1-23-9-8-16(21-23)12-6-7-17-15(10-12)18(19(25)26-2)22-24(17)14-5-3-4-13(20)11-14;1-23-8-7-15(21-23)11-5-6-16-14(9-11)17(18(20)25)22-24(16)13-4-2-3-12(19)10-13;1-2;/h3-11H,1-2H3;2-10H,1H3,(H2,20,25);1H3;1H4/i;;1D;. The summed E-state index contributed by atoms with van der Waals surface area (Å²) in [6.45, 7) is 0. The Morgan fingerprint density at radius 3 is 1.54 bits per heavy atom. The van der Waals surface area contributed by atoms with Crippen LogP contribution in [0.3, 0.4) is 0 Å². The summed E-state index contributed by atoms with van der Waals surface area (Å²) in [5.74, 6) is -1.03. The van der Waals surface area contributed by atoms with E-state index in [1.807, 2.05) is 124 Å². The molecule has 0 fully saturated rings. The first-order chi connectivity index (χ1) is 26.0. The van der Waals surface area contributed by atoms with Crippen LogP contribution in [0.4, 0.5) is 4.39 Å². The second-order valence-corrected chi connectivity index (χ2v) is 13.4. The first-order valence-corrected chi connectivity index (χ1v) is 17.4. The van der Waals surface area contributed by atoms with Crippen LogP contribution < -0.4 is 5.73 Å². The Hall–Kier alpha value is -5.93. The van der Waals surface area contributed by atoms with Crippen LogP contribution in [0, 0.1) is 0 Å². The molecular weight excluding hydrogens is 821 g/mol. The molecule has 0 spiro atoms. The molecule has 12 nitrogen and oxygen atoms in total. The van der Waals surface area contributed by atoms with Crippen molar-refractivity contribution in [2.45, 2.75) is 7.43 Å². The average molecular weight is 859 g/mol. The number of hydrogen-bond acceptors (Lipinski definition) is 7. The van der Waals surface area contributed by atoms with Crippen LogP contribution in [-0.4, -0.2) is 65.3 Å². The first-order valence-electron chi connectivity index (χ1n) is 16.5. The number of primary amides is 1. The van der Waals surface area contributed by atoms with Gasteiger partial charge in [0, 0.05) is 57.3 Å². The first kappa shape index (κ1) is 37.8. The van der Waals surface area contributed by atoms with Crippen molar-refractivity contribution in [3.63, 3.8) is 0 Å². The maximum absolute atomic E-state index is 12.3. The molecule has 54 heavy (non-hydrogen) atoms. The largest absolute Gasteiger partial charge is 0.464 e. The maximum atomic E-state index is 12.3. The van der Waals surface area contributed by atoms with Gasteiger partial charge >= 0.3 is 5.97 Å². The molecule has 4 aromatic heterocycles.